The molecule has 16 heavy (non-hydrogen) atoms. The number of carbonyl (C=O) groups excluding carboxylic acids is 1. The van der Waals surface area contributed by atoms with Crippen molar-refractivity contribution in [3.8, 4) is 11.8 Å². The van der Waals surface area contributed by atoms with Gasteiger partial charge in [0.25, 0.3) is 0 Å². The molecule has 2 rings (SSSR count). The molecular formula is C12H10FNO2. The van der Waals surface area contributed by atoms with Gasteiger partial charge in [0.15, 0.2) is 17.3 Å². The molecule has 0 N–H and O–H groups in total. The standard InChI is InChI=1S/C12H10FNO2/c13-10-5-8(6-14)1-4-12(10)16-7-11(15)9-2-3-9/h1,4-5,9H,2-3,7H2. The lowest BCUT2D eigenvalue weighted by Crippen LogP contribution is -2.13. The molecule has 0 saturated heterocycles. The Morgan fingerprint density at radius 3 is 2.88 bits per heavy atom. The van der Waals surface area contributed by atoms with Crippen LogP contribution in [0.4, 0.5) is 4.39 Å². The molecule has 0 heterocycles. The fraction of sp³-hybridized carbons (Fsp3) is 0.333. The Morgan fingerprint density at radius 1 is 1.56 bits per heavy atom. The zero-order valence-electron chi connectivity index (χ0n) is 8.57. The van der Waals surface area contributed by atoms with Crippen molar-refractivity contribution in [2.75, 3.05) is 6.61 Å². The Kier molecular flexibility index (Phi) is 2.86. The number of benzene rings is 1. The van der Waals surface area contributed by atoms with Crippen molar-refractivity contribution < 1.29 is 13.9 Å². The van der Waals surface area contributed by atoms with E-state index < -0.39 is 5.82 Å². The first-order valence-corrected chi connectivity index (χ1v) is 5.06. The summed E-state index contributed by atoms with van der Waals surface area (Å²) in [4.78, 5) is 11.3. The second-order valence-corrected chi connectivity index (χ2v) is 3.79. The van der Waals surface area contributed by atoms with Gasteiger partial charge in [-0.3, -0.25) is 4.79 Å². The van der Waals surface area contributed by atoms with Crippen molar-refractivity contribution in [2.24, 2.45) is 5.92 Å². The predicted molar refractivity (Wildman–Crippen MR) is 54.3 cm³/mol. The van der Waals surface area contributed by atoms with E-state index in [1.165, 1.54) is 12.1 Å². The van der Waals surface area contributed by atoms with E-state index in [9.17, 15) is 9.18 Å². The third kappa shape index (κ3) is 2.37. The summed E-state index contributed by atoms with van der Waals surface area (Å²) < 4.78 is 18.4. The smallest absolute Gasteiger partial charge is 0.173 e. The van der Waals surface area contributed by atoms with Gasteiger partial charge in [0.1, 0.15) is 6.61 Å². The summed E-state index contributed by atoms with van der Waals surface area (Å²) in [7, 11) is 0. The zero-order chi connectivity index (χ0) is 11.5. The first-order valence-electron chi connectivity index (χ1n) is 5.06. The van der Waals surface area contributed by atoms with Crippen LogP contribution in [0.15, 0.2) is 18.2 Å². The number of ether oxygens (including phenoxy) is 1. The maximum absolute atomic E-state index is 13.3. The fourth-order valence-corrected chi connectivity index (χ4v) is 1.36. The van der Waals surface area contributed by atoms with E-state index in [2.05, 4.69) is 0 Å². The molecule has 0 amide bonds. The highest BCUT2D eigenvalue weighted by atomic mass is 19.1. The second-order valence-electron chi connectivity index (χ2n) is 3.79. The average Bonchev–Trinajstić information content (AvgIpc) is 3.10. The Bertz CT molecular complexity index is 461. The molecule has 0 atom stereocenters. The van der Waals surface area contributed by atoms with Gasteiger partial charge in [0.2, 0.25) is 0 Å². The van der Waals surface area contributed by atoms with E-state index in [-0.39, 0.29) is 29.6 Å². The van der Waals surface area contributed by atoms with Crippen LogP contribution >= 0.6 is 0 Å². The maximum atomic E-state index is 13.3. The molecule has 0 unspecified atom stereocenters. The van der Waals surface area contributed by atoms with Crippen LogP contribution in [0.2, 0.25) is 0 Å². The Balaban J connectivity index is 1.98. The monoisotopic (exact) mass is 219 g/mol. The molecule has 1 fully saturated rings. The lowest BCUT2D eigenvalue weighted by molar-refractivity contribution is -0.122. The van der Waals surface area contributed by atoms with Crippen molar-refractivity contribution in [1.82, 2.24) is 0 Å². The highest BCUT2D eigenvalue weighted by Gasteiger charge is 2.29. The highest BCUT2D eigenvalue weighted by Crippen LogP contribution is 2.30. The molecule has 82 valence electrons. The molecule has 1 saturated carbocycles. The van der Waals surface area contributed by atoms with Gasteiger partial charge in [-0.2, -0.15) is 5.26 Å². The topological polar surface area (TPSA) is 50.1 Å². The first-order chi connectivity index (χ1) is 7.70. The number of carbonyl (C=O) groups is 1. The first kappa shape index (κ1) is 10.6. The summed E-state index contributed by atoms with van der Waals surface area (Å²) in [5.74, 6) is -0.458. The van der Waals surface area contributed by atoms with Gasteiger partial charge < -0.3 is 4.74 Å². The minimum atomic E-state index is -0.609. The van der Waals surface area contributed by atoms with E-state index >= 15 is 0 Å². The lowest BCUT2D eigenvalue weighted by atomic mass is 10.2. The summed E-state index contributed by atoms with van der Waals surface area (Å²) in [5.41, 5.74) is 0.235. The maximum Gasteiger partial charge on any atom is 0.173 e. The zero-order valence-corrected chi connectivity index (χ0v) is 8.57. The number of hydrogen-bond acceptors (Lipinski definition) is 3. The summed E-state index contributed by atoms with van der Waals surface area (Å²) in [6.45, 7) is -0.0898. The second kappa shape index (κ2) is 4.31. The number of Topliss-reactive ketones (excluding diaryl/α,β-unsaturated/α-hetero) is 1. The molecule has 1 aromatic rings. The predicted octanol–water partition coefficient (Wildman–Crippen LogP) is 2.06. The molecule has 1 aliphatic carbocycles. The van der Waals surface area contributed by atoms with Crippen LogP contribution in [-0.2, 0) is 4.79 Å². The Labute approximate surface area is 92.4 Å². The van der Waals surface area contributed by atoms with Crippen LogP contribution in [0.5, 0.6) is 5.75 Å². The van der Waals surface area contributed by atoms with Gasteiger partial charge in [-0.05, 0) is 31.0 Å². The minimum Gasteiger partial charge on any atom is -0.483 e. The number of nitrogens with zero attached hydrogens (tertiary/aromatic N) is 1. The molecule has 0 bridgehead atoms. The van der Waals surface area contributed by atoms with Crippen molar-refractivity contribution >= 4 is 5.78 Å². The number of hydrogen-bond donors (Lipinski definition) is 0. The molecule has 0 aromatic heterocycles. The van der Waals surface area contributed by atoms with E-state index in [1.807, 2.05) is 6.07 Å². The molecular weight excluding hydrogens is 209 g/mol. The van der Waals surface area contributed by atoms with Gasteiger partial charge in [-0.25, -0.2) is 4.39 Å². The van der Waals surface area contributed by atoms with Crippen molar-refractivity contribution in [3.05, 3.63) is 29.6 Å². The molecule has 0 radical (unpaired) electrons. The van der Waals surface area contributed by atoms with Crippen molar-refractivity contribution in [1.29, 1.82) is 5.26 Å². The minimum absolute atomic E-state index is 0.0174. The van der Waals surface area contributed by atoms with E-state index in [1.54, 1.807) is 0 Å². The molecule has 0 aliphatic heterocycles. The van der Waals surface area contributed by atoms with Crippen LogP contribution in [0.3, 0.4) is 0 Å². The molecule has 0 spiro atoms. The molecule has 1 aliphatic rings. The van der Waals surface area contributed by atoms with Crippen LogP contribution in [0.1, 0.15) is 18.4 Å². The van der Waals surface area contributed by atoms with Gasteiger partial charge in [0, 0.05) is 5.92 Å². The summed E-state index contributed by atoms with van der Waals surface area (Å²) in [6.07, 6.45) is 1.83. The Hall–Kier alpha value is -1.89. The summed E-state index contributed by atoms with van der Waals surface area (Å²) in [5, 5.41) is 8.54. The van der Waals surface area contributed by atoms with Gasteiger partial charge in [-0.15, -0.1) is 0 Å². The summed E-state index contributed by atoms with van der Waals surface area (Å²) in [6, 6.07) is 5.75. The van der Waals surface area contributed by atoms with E-state index in [4.69, 9.17) is 10.00 Å². The normalized spacial score (nSPS) is 14.2. The summed E-state index contributed by atoms with van der Waals surface area (Å²) >= 11 is 0. The van der Waals surface area contributed by atoms with Crippen molar-refractivity contribution in [3.63, 3.8) is 0 Å². The van der Waals surface area contributed by atoms with Gasteiger partial charge >= 0.3 is 0 Å². The van der Waals surface area contributed by atoms with Gasteiger partial charge in [0.05, 0.1) is 11.6 Å². The largest absolute Gasteiger partial charge is 0.483 e. The molecule has 3 nitrogen and oxygen atoms in total. The van der Waals surface area contributed by atoms with Crippen LogP contribution < -0.4 is 4.74 Å². The van der Waals surface area contributed by atoms with Gasteiger partial charge in [-0.1, -0.05) is 0 Å². The van der Waals surface area contributed by atoms with E-state index in [0.29, 0.717) is 0 Å². The van der Waals surface area contributed by atoms with Crippen molar-refractivity contribution in [2.45, 2.75) is 12.8 Å². The Morgan fingerprint density at radius 2 is 2.31 bits per heavy atom. The lowest BCUT2D eigenvalue weighted by Gasteiger charge is -2.05. The quantitative estimate of drug-likeness (QED) is 0.778. The third-order valence-corrected chi connectivity index (χ3v) is 2.46. The molecule has 4 heteroatoms. The SMILES string of the molecule is N#Cc1ccc(OCC(=O)C2CC2)c(F)c1. The molecule has 1 aromatic carbocycles. The van der Waals surface area contributed by atoms with Crippen LogP contribution in [-0.4, -0.2) is 12.4 Å². The van der Waals surface area contributed by atoms with Crippen LogP contribution in [0.25, 0.3) is 0 Å². The van der Waals surface area contributed by atoms with E-state index in [0.717, 1.165) is 18.9 Å². The average molecular weight is 219 g/mol. The number of halogens is 1. The third-order valence-electron chi connectivity index (χ3n) is 2.46. The fourth-order valence-electron chi connectivity index (χ4n) is 1.36. The number of rotatable bonds is 4. The number of ketones is 1. The van der Waals surface area contributed by atoms with Crippen LogP contribution in [0, 0.1) is 23.1 Å². The number of nitriles is 1. The highest BCUT2D eigenvalue weighted by molar-refractivity contribution is 5.84.